The molecule has 0 aromatic heterocycles. The molecular weight excluding hydrogens is 961 g/mol. The van der Waals surface area contributed by atoms with E-state index < -0.39 is 42.0 Å². The quantitative estimate of drug-likeness (QED) is 0.0186. The molecule has 1 aliphatic carbocycles. The van der Waals surface area contributed by atoms with E-state index in [2.05, 4.69) is 56.2 Å². The summed E-state index contributed by atoms with van der Waals surface area (Å²) in [6, 6.07) is 32.6. The molecule has 6 N–H and O–H groups in total. The van der Waals surface area contributed by atoms with Crippen molar-refractivity contribution in [3.8, 4) is 11.1 Å². The van der Waals surface area contributed by atoms with E-state index in [4.69, 9.17) is 23.7 Å². The van der Waals surface area contributed by atoms with Gasteiger partial charge in [0, 0.05) is 50.4 Å². The van der Waals surface area contributed by atoms with Crippen molar-refractivity contribution in [1.29, 1.82) is 0 Å². The van der Waals surface area contributed by atoms with Gasteiger partial charge in [0.2, 0.25) is 23.6 Å². The fourth-order valence-corrected chi connectivity index (χ4v) is 8.38. The number of esters is 2. The molecule has 0 saturated carbocycles. The Morgan fingerprint density at radius 1 is 0.507 bits per heavy atom. The van der Waals surface area contributed by atoms with E-state index >= 15 is 0 Å². The maximum atomic E-state index is 13.5. The fraction of sp³-hybridized carbons (Fsp3) is 0.456. The van der Waals surface area contributed by atoms with Gasteiger partial charge in [0.15, 0.2) is 0 Å². The molecule has 0 radical (unpaired) electrons. The van der Waals surface area contributed by atoms with Gasteiger partial charge in [0.25, 0.3) is 0 Å². The number of hydrogen-bond acceptors (Lipinski definition) is 13. The second kappa shape index (κ2) is 32.9. The van der Waals surface area contributed by atoms with Crippen molar-refractivity contribution < 1.29 is 57.2 Å². The van der Waals surface area contributed by atoms with Crippen LogP contribution in [0.3, 0.4) is 0 Å². The number of carbonyl (C=O) groups is 7. The highest BCUT2D eigenvalue weighted by atomic mass is 16.6. The van der Waals surface area contributed by atoms with Crippen LogP contribution in [0.4, 0.5) is 4.79 Å². The lowest BCUT2D eigenvalue weighted by Gasteiger charge is -2.22. The summed E-state index contributed by atoms with van der Waals surface area (Å²) >= 11 is 0. The van der Waals surface area contributed by atoms with Gasteiger partial charge in [-0.2, -0.15) is 0 Å². The maximum absolute atomic E-state index is 13.5. The van der Waals surface area contributed by atoms with Crippen molar-refractivity contribution in [3.63, 3.8) is 0 Å². The molecule has 0 fully saturated rings. The molecule has 0 heterocycles. The number of fused-ring (bicyclic) bond motifs is 3. The van der Waals surface area contributed by atoms with Crippen LogP contribution in [-0.4, -0.2) is 119 Å². The standard InChI is InChI=1S/C57H74N6O12/c1-40(25-29-53(66)73-36-42-16-6-4-7-17-42)61-51(64)28-27-50(56(69)62-41(2)26-30-54(67)74-37-43-18-8-5-9-19-43)63-52(65)39-72-35-34-71-33-32-59-55(68)49(58-3)24-14-15-31-60-57(70)75-38-48-46-22-12-10-20-44(46)45-21-11-13-23-47(45)48/h4-13,16-23,40-41,48-50,58H,14-15,24-39H2,1-3H3,(H,59,68)(H,60,70)(H,61,64)(H,62,69)(H,63,65). The van der Waals surface area contributed by atoms with Crippen molar-refractivity contribution in [2.75, 3.05) is 53.2 Å². The van der Waals surface area contributed by atoms with Gasteiger partial charge in [0.1, 0.15) is 32.5 Å². The number of alkyl carbamates (subject to hydrolysis) is 1. The van der Waals surface area contributed by atoms with E-state index in [-0.39, 0.29) is 115 Å². The summed E-state index contributed by atoms with van der Waals surface area (Å²) in [7, 11) is 1.71. The molecule has 4 atom stereocenters. The minimum absolute atomic E-state index is 0.0171. The highest BCUT2D eigenvalue weighted by molar-refractivity contribution is 5.89. The zero-order chi connectivity index (χ0) is 53.6. The van der Waals surface area contributed by atoms with Crippen molar-refractivity contribution in [2.24, 2.45) is 0 Å². The largest absolute Gasteiger partial charge is 0.461 e. The molecule has 18 nitrogen and oxygen atoms in total. The Kier molecular flexibility index (Phi) is 25.8. The Morgan fingerprint density at radius 2 is 1.07 bits per heavy atom. The molecule has 4 aromatic carbocycles. The minimum atomic E-state index is -1.10. The monoisotopic (exact) mass is 1030 g/mol. The molecule has 1 aliphatic rings. The normalized spacial score (nSPS) is 13.2. The van der Waals surface area contributed by atoms with Crippen LogP contribution in [0.2, 0.25) is 0 Å². The number of unbranched alkanes of at least 4 members (excludes halogenated alkanes) is 1. The summed E-state index contributed by atoms with van der Waals surface area (Å²) in [5, 5.41) is 17.0. The zero-order valence-electron chi connectivity index (χ0n) is 43.4. The lowest BCUT2D eigenvalue weighted by Crippen LogP contribution is -2.50. The van der Waals surface area contributed by atoms with Gasteiger partial charge in [0.05, 0.1) is 25.9 Å². The number of carbonyl (C=O) groups excluding carboxylic acids is 7. The summed E-state index contributed by atoms with van der Waals surface area (Å²) in [6.45, 7) is 4.69. The Balaban J connectivity index is 0.939. The van der Waals surface area contributed by atoms with Crippen LogP contribution in [0, 0.1) is 0 Å². The number of rotatable bonds is 34. The van der Waals surface area contributed by atoms with E-state index in [0.717, 1.165) is 22.3 Å². The summed E-state index contributed by atoms with van der Waals surface area (Å²) in [4.78, 5) is 89.5. The lowest BCUT2D eigenvalue weighted by atomic mass is 9.98. The zero-order valence-corrected chi connectivity index (χ0v) is 43.4. The summed E-state index contributed by atoms with van der Waals surface area (Å²) in [6.07, 6.45) is 2.06. The van der Waals surface area contributed by atoms with E-state index in [1.807, 2.05) is 84.9 Å². The summed E-state index contributed by atoms with van der Waals surface area (Å²) in [5.41, 5.74) is 6.35. The van der Waals surface area contributed by atoms with Crippen LogP contribution in [0.25, 0.3) is 11.1 Å². The third-order valence-electron chi connectivity index (χ3n) is 12.5. The fourth-order valence-electron chi connectivity index (χ4n) is 8.38. The molecule has 0 aliphatic heterocycles. The van der Waals surface area contributed by atoms with Gasteiger partial charge >= 0.3 is 18.0 Å². The Labute approximate surface area is 440 Å². The molecule has 5 rings (SSSR count). The minimum Gasteiger partial charge on any atom is -0.461 e. The Bertz CT molecular complexity index is 2380. The number of amides is 5. The molecule has 0 saturated heterocycles. The van der Waals surface area contributed by atoms with Crippen LogP contribution < -0.4 is 31.9 Å². The first-order chi connectivity index (χ1) is 36.4. The van der Waals surface area contributed by atoms with Gasteiger partial charge in [-0.05, 0) is 92.8 Å². The molecule has 18 heteroatoms. The lowest BCUT2D eigenvalue weighted by molar-refractivity contribution is -0.146. The molecule has 4 unspecified atom stereocenters. The highest BCUT2D eigenvalue weighted by Gasteiger charge is 2.29. The van der Waals surface area contributed by atoms with Gasteiger partial charge in [-0.3, -0.25) is 28.8 Å². The molecule has 4 aromatic rings. The Hall–Kier alpha value is -7.15. The summed E-state index contributed by atoms with van der Waals surface area (Å²) in [5.74, 6) is -2.51. The smallest absolute Gasteiger partial charge is 0.407 e. The first kappa shape index (κ1) is 58.7. The first-order valence-electron chi connectivity index (χ1n) is 25.9. The number of benzene rings is 4. The third-order valence-corrected chi connectivity index (χ3v) is 12.5. The van der Waals surface area contributed by atoms with Crippen molar-refractivity contribution in [3.05, 3.63) is 131 Å². The number of likely N-dealkylation sites (N-methyl/N-ethyl adjacent to an activating group) is 1. The van der Waals surface area contributed by atoms with Gasteiger partial charge in [-0.1, -0.05) is 109 Å². The SMILES string of the molecule is CNC(CCCCNC(=O)OCC1c2ccccc2-c2ccccc21)C(=O)NCCOCCOCC(=O)NC(CCC(=O)NC(C)CCC(=O)OCc1ccccc1)C(=O)NC(C)CCC(=O)OCc1ccccc1. The molecule has 0 spiro atoms. The van der Waals surface area contributed by atoms with Crippen LogP contribution in [0.1, 0.15) is 99.8 Å². The topological polar surface area (TPSA) is 238 Å². The van der Waals surface area contributed by atoms with E-state index in [0.29, 0.717) is 32.2 Å². The number of nitrogens with one attached hydrogen (secondary N) is 6. The van der Waals surface area contributed by atoms with E-state index in [9.17, 15) is 33.6 Å². The third kappa shape index (κ3) is 21.7. The van der Waals surface area contributed by atoms with Crippen LogP contribution in [-0.2, 0) is 65.7 Å². The molecule has 5 amide bonds. The number of hydrogen-bond donors (Lipinski definition) is 6. The molecule has 404 valence electrons. The molecular formula is C57H74N6O12. The molecule has 0 bridgehead atoms. The predicted molar refractivity (Wildman–Crippen MR) is 282 cm³/mol. The number of ether oxygens (including phenoxy) is 5. The first-order valence-corrected chi connectivity index (χ1v) is 25.9. The van der Waals surface area contributed by atoms with Gasteiger partial charge in [-0.25, -0.2) is 4.79 Å². The van der Waals surface area contributed by atoms with Crippen LogP contribution in [0.5, 0.6) is 0 Å². The maximum Gasteiger partial charge on any atom is 0.407 e. The van der Waals surface area contributed by atoms with Crippen molar-refractivity contribution in [1.82, 2.24) is 31.9 Å². The van der Waals surface area contributed by atoms with Crippen molar-refractivity contribution in [2.45, 2.75) is 115 Å². The summed E-state index contributed by atoms with van der Waals surface area (Å²) < 4.78 is 27.4. The average molecular weight is 1040 g/mol. The van der Waals surface area contributed by atoms with Crippen LogP contribution >= 0.6 is 0 Å². The Morgan fingerprint density at radius 3 is 1.67 bits per heavy atom. The highest BCUT2D eigenvalue weighted by Crippen LogP contribution is 2.44. The van der Waals surface area contributed by atoms with E-state index in [1.165, 1.54) is 11.1 Å². The predicted octanol–water partition coefficient (Wildman–Crippen LogP) is 5.75. The second-order valence-corrected chi connectivity index (χ2v) is 18.5. The van der Waals surface area contributed by atoms with Gasteiger partial charge in [-0.15, -0.1) is 0 Å². The molecule has 75 heavy (non-hydrogen) atoms. The van der Waals surface area contributed by atoms with Crippen molar-refractivity contribution >= 4 is 41.7 Å². The van der Waals surface area contributed by atoms with Crippen LogP contribution in [0.15, 0.2) is 109 Å². The second-order valence-electron chi connectivity index (χ2n) is 18.5. The van der Waals surface area contributed by atoms with Gasteiger partial charge < -0.3 is 55.6 Å². The average Bonchev–Trinajstić information content (AvgIpc) is 3.74. The van der Waals surface area contributed by atoms with E-state index in [1.54, 1.807) is 20.9 Å².